The van der Waals surface area contributed by atoms with Gasteiger partial charge in [-0.25, -0.2) is 9.48 Å². The first-order valence-electron chi connectivity index (χ1n) is 12.0. The number of aromatic nitrogens is 2. The molecule has 35 heavy (non-hydrogen) atoms. The van der Waals surface area contributed by atoms with Crippen LogP contribution in [0.4, 0.5) is 0 Å². The number of carbonyl (C=O) groups excluding carboxylic acids is 2. The van der Waals surface area contributed by atoms with Gasteiger partial charge >= 0.3 is 5.97 Å². The van der Waals surface area contributed by atoms with Crippen molar-refractivity contribution in [3.8, 4) is 11.4 Å². The molecule has 0 spiro atoms. The fourth-order valence-corrected chi connectivity index (χ4v) is 4.48. The summed E-state index contributed by atoms with van der Waals surface area (Å²) in [5.41, 5.74) is 3.58. The lowest BCUT2D eigenvalue weighted by Gasteiger charge is -2.28. The molecule has 1 amide bonds. The number of nitrogens with one attached hydrogen (secondary N) is 1. The number of likely N-dealkylation sites (tertiary alicyclic amines) is 1. The number of methoxy groups -OCH3 is 1. The molecule has 1 N–H and O–H groups in total. The van der Waals surface area contributed by atoms with Crippen LogP contribution < -0.4 is 10.1 Å². The summed E-state index contributed by atoms with van der Waals surface area (Å²) < 4.78 is 12.2. The van der Waals surface area contributed by atoms with Crippen LogP contribution in [0.2, 0.25) is 0 Å². The van der Waals surface area contributed by atoms with E-state index in [-0.39, 0.29) is 11.9 Å². The SMILES string of the molecule is CCOC(=O)c1cnn(-c2ccc(C(=O)NCC(c3cccc(OC)c3)N3CCCC3)cc2)c1C. The summed E-state index contributed by atoms with van der Waals surface area (Å²) in [7, 11) is 1.66. The van der Waals surface area contributed by atoms with Gasteiger partial charge in [0.05, 0.1) is 37.3 Å². The fraction of sp³-hybridized carbons (Fsp3) is 0.370. The van der Waals surface area contributed by atoms with E-state index in [4.69, 9.17) is 9.47 Å². The van der Waals surface area contributed by atoms with Gasteiger partial charge in [0, 0.05) is 12.1 Å². The Morgan fingerprint density at radius 1 is 1.11 bits per heavy atom. The van der Waals surface area contributed by atoms with Crippen molar-refractivity contribution in [2.45, 2.75) is 32.7 Å². The van der Waals surface area contributed by atoms with Crippen LogP contribution in [0.15, 0.2) is 54.7 Å². The number of carbonyl (C=O) groups is 2. The lowest BCUT2D eigenvalue weighted by molar-refractivity contribution is 0.0525. The first kappa shape index (κ1) is 24.5. The minimum absolute atomic E-state index is 0.0869. The Hall–Kier alpha value is -3.65. The Balaban J connectivity index is 1.45. The molecule has 2 heterocycles. The van der Waals surface area contributed by atoms with Crippen molar-refractivity contribution in [2.75, 3.05) is 33.4 Å². The quantitative estimate of drug-likeness (QED) is 0.471. The Morgan fingerprint density at radius 2 is 1.86 bits per heavy atom. The van der Waals surface area contributed by atoms with Gasteiger partial charge in [-0.15, -0.1) is 0 Å². The largest absolute Gasteiger partial charge is 0.497 e. The van der Waals surface area contributed by atoms with E-state index in [1.54, 1.807) is 30.8 Å². The summed E-state index contributed by atoms with van der Waals surface area (Å²) in [6.45, 7) is 6.44. The second kappa shape index (κ2) is 11.2. The number of hydrogen-bond donors (Lipinski definition) is 1. The molecule has 0 saturated carbocycles. The van der Waals surface area contributed by atoms with Gasteiger partial charge in [0.2, 0.25) is 0 Å². The van der Waals surface area contributed by atoms with E-state index in [9.17, 15) is 9.59 Å². The van der Waals surface area contributed by atoms with Crippen molar-refractivity contribution in [2.24, 2.45) is 0 Å². The zero-order chi connectivity index (χ0) is 24.8. The summed E-state index contributed by atoms with van der Waals surface area (Å²) in [6, 6.07) is 15.3. The highest BCUT2D eigenvalue weighted by Gasteiger charge is 2.24. The molecule has 1 aliphatic rings. The van der Waals surface area contributed by atoms with E-state index < -0.39 is 5.97 Å². The Morgan fingerprint density at radius 3 is 2.54 bits per heavy atom. The van der Waals surface area contributed by atoms with Gasteiger partial charge in [0.1, 0.15) is 11.3 Å². The number of hydrogen-bond acceptors (Lipinski definition) is 6. The van der Waals surface area contributed by atoms with Crippen LogP contribution >= 0.6 is 0 Å². The smallest absolute Gasteiger partial charge is 0.341 e. The highest BCUT2D eigenvalue weighted by molar-refractivity contribution is 5.94. The number of ether oxygens (including phenoxy) is 2. The minimum atomic E-state index is -0.393. The molecule has 2 aromatic carbocycles. The van der Waals surface area contributed by atoms with Crippen LogP contribution in [-0.4, -0.2) is 59.9 Å². The summed E-state index contributed by atoms with van der Waals surface area (Å²) in [5, 5.41) is 7.43. The number of rotatable bonds is 9. The second-order valence-corrected chi connectivity index (χ2v) is 8.57. The normalized spacial score (nSPS) is 14.5. The summed E-state index contributed by atoms with van der Waals surface area (Å²) >= 11 is 0. The van der Waals surface area contributed by atoms with E-state index in [0.29, 0.717) is 30.0 Å². The predicted molar refractivity (Wildman–Crippen MR) is 133 cm³/mol. The van der Waals surface area contributed by atoms with Crippen LogP contribution in [0.1, 0.15) is 57.8 Å². The number of amides is 1. The maximum Gasteiger partial charge on any atom is 0.341 e. The van der Waals surface area contributed by atoms with Gasteiger partial charge < -0.3 is 14.8 Å². The maximum atomic E-state index is 13.0. The molecule has 1 aromatic heterocycles. The lowest BCUT2D eigenvalue weighted by Crippen LogP contribution is -2.36. The average Bonchev–Trinajstić information content (AvgIpc) is 3.55. The highest BCUT2D eigenvalue weighted by Crippen LogP contribution is 2.27. The average molecular weight is 477 g/mol. The number of esters is 1. The predicted octanol–water partition coefficient (Wildman–Crippen LogP) is 3.93. The third kappa shape index (κ3) is 5.54. The van der Waals surface area contributed by atoms with Crippen LogP contribution in [0.25, 0.3) is 5.69 Å². The van der Waals surface area contributed by atoms with Crippen molar-refractivity contribution in [1.29, 1.82) is 0 Å². The molecular weight excluding hydrogens is 444 g/mol. The zero-order valence-electron chi connectivity index (χ0n) is 20.5. The molecule has 1 aliphatic heterocycles. The molecule has 1 fully saturated rings. The van der Waals surface area contributed by atoms with Gasteiger partial charge in [-0.05, 0) is 81.7 Å². The first-order valence-corrected chi connectivity index (χ1v) is 12.0. The molecule has 3 aromatic rings. The fourth-order valence-electron chi connectivity index (χ4n) is 4.48. The molecule has 0 radical (unpaired) electrons. The van der Waals surface area contributed by atoms with Gasteiger partial charge in [-0.1, -0.05) is 12.1 Å². The van der Waals surface area contributed by atoms with Crippen LogP contribution in [0, 0.1) is 6.92 Å². The molecule has 0 bridgehead atoms. The number of benzene rings is 2. The van der Waals surface area contributed by atoms with Crippen molar-refractivity contribution in [3.05, 3.63) is 77.1 Å². The van der Waals surface area contributed by atoms with Gasteiger partial charge in [-0.2, -0.15) is 5.10 Å². The third-order valence-corrected chi connectivity index (χ3v) is 6.40. The molecule has 4 rings (SSSR count). The molecule has 8 nitrogen and oxygen atoms in total. The van der Waals surface area contributed by atoms with E-state index in [1.165, 1.54) is 19.0 Å². The highest BCUT2D eigenvalue weighted by atomic mass is 16.5. The standard InChI is InChI=1S/C27H32N4O4/c1-4-35-27(33)24-17-29-31(19(24)2)22-12-10-20(11-13-22)26(32)28-18-25(30-14-5-6-15-30)21-8-7-9-23(16-21)34-3/h7-13,16-17,25H,4-6,14-15,18H2,1-3H3,(H,28,32). The summed E-state index contributed by atoms with van der Waals surface area (Å²) in [4.78, 5) is 27.5. The van der Waals surface area contributed by atoms with Crippen LogP contribution in [0.3, 0.4) is 0 Å². The minimum Gasteiger partial charge on any atom is -0.497 e. The first-order chi connectivity index (χ1) is 17.0. The van der Waals surface area contributed by atoms with E-state index in [2.05, 4.69) is 21.4 Å². The van der Waals surface area contributed by atoms with E-state index >= 15 is 0 Å². The Kier molecular flexibility index (Phi) is 7.82. The van der Waals surface area contributed by atoms with Crippen LogP contribution in [0.5, 0.6) is 5.75 Å². The number of nitrogens with zero attached hydrogens (tertiary/aromatic N) is 3. The summed E-state index contributed by atoms with van der Waals surface area (Å²) in [5.74, 6) is 0.289. The monoisotopic (exact) mass is 476 g/mol. The second-order valence-electron chi connectivity index (χ2n) is 8.57. The van der Waals surface area contributed by atoms with Crippen molar-refractivity contribution in [3.63, 3.8) is 0 Å². The van der Waals surface area contributed by atoms with Gasteiger partial charge in [0.25, 0.3) is 5.91 Å². The molecule has 1 atom stereocenters. The van der Waals surface area contributed by atoms with E-state index in [1.807, 2.05) is 37.3 Å². The molecule has 8 heteroatoms. The zero-order valence-corrected chi connectivity index (χ0v) is 20.5. The Bertz CT molecular complexity index is 1170. The van der Waals surface area contributed by atoms with E-state index in [0.717, 1.165) is 30.1 Å². The van der Waals surface area contributed by atoms with Crippen molar-refractivity contribution >= 4 is 11.9 Å². The Labute approximate surface area is 205 Å². The molecular formula is C27H32N4O4. The maximum absolute atomic E-state index is 13.0. The van der Waals surface area contributed by atoms with Gasteiger partial charge in [-0.3, -0.25) is 9.69 Å². The van der Waals surface area contributed by atoms with Crippen molar-refractivity contribution in [1.82, 2.24) is 20.0 Å². The molecule has 0 aliphatic carbocycles. The van der Waals surface area contributed by atoms with Crippen LogP contribution in [-0.2, 0) is 4.74 Å². The molecule has 184 valence electrons. The molecule has 1 unspecified atom stereocenters. The van der Waals surface area contributed by atoms with Gasteiger partial charge in [0.15, 0.2) is 0 Å². The molecule has 1 saturated heterocycles. The van der Waals surface area contributed by atoms with Crippen molar-refractivity contribution < 1.29 is 19.1 Å². The third-order valence-electron chi connectivity index (χ3n) is 6.40. The topological polar surface area (TPSA) is 85.7 Å². The lowest BCUT2D eigenvalue weighted by atomic mass is 10.0. The summed E-state index contributed by atoms with van der Waals surface area (Å²) in [6.07, 6.45) is 3.84.